The number of esters is 1. The SMILES string of the molecule is COC(=O)C(CCSC)NC(=O)c1ccc(NC(=O)Cc2nccs2)cc1-c1ccccc1. The van der Waals surface area contributed by atoms with Gasteiger partial charge in [0.05, 0.1) is 13.5 Å². The number of rotatable bonds is 10. The molecule has 0 radical (unpaired) electrons. The molecule has 2 N–H and O–H groups in total. The number of thiazole rings is 1. The van der Waals surface area contributed by atoms with E-state index < -0.39 is 12.0 Å². The van der Waals surface area contributed by atoms with Gasteiger partial charge >= 0.3 is 5.97 Å². The van der Waals surface area contributed by atoms with Gasteiger partial charge in [-0.3, -0.25) is 9.59 Å². The summed E-state index contributed by atoms with van der Waals surface area (Å²) >= 11 is 3.01. The zero-order chi connectivity index (χ0) is 23.6. The minimum atomic E-state index is -0.740. The number of thioether (sulfide) groups is 1. The minimum absolute atomic E-state index is 0.177. The van der Waals surface area contributed by atoms with Crippen LogP contribution in [0.4, 0.5) is 5.69 Å². The van der Waals surface area contributed by atoms with Gasteiger partial charge in [0.1, 0.15) is 11.0 Å². The Kier molecular flexibility index (Phi) is 9.03. The molecule has 1 heterocycles. The normalized spacial score (nSPS) is 11.5. The van der Waals surface area contributed by atoms with E-state index in [0.29, 0.717) is 29.0 Å². The van der Waals surface area contributed by atoms with Crippen LogP contribution in [0.5, 0.6) is 0 Å². The second kappa shape index (κ2) is 12.2. The average molecular weight is 484 g/mol. The van der Waals surface area contributed by atoms with Crippen LogP contribution < -0.4 is 10.6 Å². The van der Waals surface area contributed by atoms with Gasteiger partial charge in [0.2, 0.25) is 5.91 Å². The third kappa shape index (κ3) is 6.90. The summed E-state index contributed by atoms with van der Waals surface area (Å²) in [5, 5.41) is 8.22. The topological polar surface area (TPSA) is 97.4 Å². The number of nitrogens with one attached hydrogen (secondary N) is 2. The van der Waals surface area contributed by atoms with Gasteiger partial charge in [0.15, 0.2) is 0 Å². The Morgan fingerprint density at radius 1 is 1.15 bits per heavy atom. The van der Waals surface area contributed by atoms with Crippen LogP contribution in [0.1, 0.15) is 21.8 Å². The van der Waals surface area contributed by atoms with Gasteiger partial charge < -0.3 is 15.4 Å². The average Bonchev–Trinajstić information content (AvgIpc) is 3.34. The quantitative estimate of drug-likeness (QED) is 0.423. The van der Waals surface area contributed by atoms with Crippen molar-refractivity contribution in [2.24, 2.45) is 0 Å². The van der Waals surface area contributed by atoms with E-state index in [-0.39, 0.29) is 18.2 Å². The number of aromatic nitrogens is 1. The number of benzene rings is 2. The summed E-state index contributed by atoms with van der Waals surface area (Å²) < 4.78 is 4.85. The van der Waals surface area contributed by atoms with Crippen LogP contribution in [0.2, 0.25) is 0 Å². The lowest BCUT2D eigenvalue weighted by Crippen LogP contribution is -2.42. The number of hydrogen-bond donors (Lipinski definition) is 2. The van der Waals surface area contributed by atoms with Crippen LogP contribution in [0, 0.1) is 0 Å². The van der Waals surface area contributed by atoms with E-state index in [4.69, 9.17) is 4.74 Å². The largest absolute Gasteiger partial charge is 0.467 e. The van der Waals surface area contributed by atoms with E-state index >= 15 is 0 Å². The molecule has 1 aromatic heterocycles. The number of ether oxygens (including phenoxy) is 1. The lowest BCUT2D eigenvalue weighted by Gasteiger charge is -2.18. The number of carbonyl (C=O) groups is 3. The van der Waals surface area contributed by atoms with Gasteiger partial charge in [-0.15, -0.1) is 11.3 Å². The van der Waals surface area contributed by atoms with Crippen LogP contribution in [-0.2, 0) is 20.7 Å². The Hall–Kier alpha value is -3.17. The highest BCUT2D eigenvalue weighted by Gasteiger charge is 2.23. The molecule has 0 aliphatic heterocycles. The lowest BCUT2D eigenvalue weighted by molar-refractivity contribution is -0.142. The van der Waals surface area contributed by atoms with Crippen molar-refractivity contribution in [2.75, 3.05) is 24.4 Å². The smallest absolute Gasteiger partial charge is 0.328 e. The summed E-state index contributed by atoms with van der Waals surface area (Å²) in [6.07, 6.45) is 4.24. The van der Waals surface area contributed by atoms with Gasteiger partial charge in [-0.05, 0) is 47.8 Å². The lowest BCUT2D eigenvalue weighted by atomic mass is 9.98. The molecule has 0 aliphatic carbocycles. The third-order valence-corrected chi connectivity index (χ3v) is 6.25. The Bertz CT molecular complexity index is 1090. The van der Waals surface area contributed by atoms with E-state index in [1.54, 1.807) is 36.2 Å². The van der Waals surface area contributed by atoms with Crippen LogP contribution in [0.15, 0.2) is 60.1 Å². The van der Waals surface area contributed by atoms with Crippen LogP contribution >= 0.6 is 23.1 Å². The Balaban J connectivity index is 1.86. The van der Waals surface area contributed by atoms with Crippen molar-refractivity contribution < 1.29 is 19.1 Å². The molecule has 0 aliphatic rings. The molecular weight excluding hydrogens is 458 g/mol. The predicted molar refractivity (Wildman–Crippen MR) is 133 cm³/mol. The van der Waals surface area contributed by atoms with Gasteiger partial charge in [-0.25, -0.2) is 9.78 Å². The number of carbonyl (C=O) groups excluding carboxylic acids is 3. The number of hydrogen-bond acceptors (Lipinski definition) is 7. The molecule has 1 atom stereocenters. The van der Waals surface area contributed by atoms with Crippen LogP contribution in [0.3, 0.4) is 0 Å². The fraction of sp³-hybridized carbons (Fsp3) is 0.250. The fourth-order valence-corrected chi connectivity index (χ4v) is 4.31. The molecule has 0 saturated carbocycles. The standard InChI is InChI=1S/C24H25N3O4S2/c1-31-24(30)20(10-12-32-2)27-23(29)18-9-8-17(14-19(18)16-6-4-3-5-7-16)26-21(28)15-22-25-11-13-33-22/h3-9,11,13-14,20H,10,12,15H2,1-2H3,(H,26,28)(H,27,29). The van der Waals surface area contributed by atoms with Crippen molar-refractivity contribution in [2.45, 2.75) is 18.9 Å². The minimum Gasteiger partial charge on any atom is -0.467 e. The zero-order valence-electron chi connectivity index (χ0n) is 18.4. The number of methoxy groups -OCH3 is 1. The molecule has 3 aromatic rings. The van der Waals surface area contributed by atoms with Crippen molar-refractivity contribution in [3.63, 3.8) is 0 Å². The molecule has 0 saturated heterocycles. The Labute approximate surface area is 201 Å². The summed E-state index contributed by atoms with van der Waals surface area (Å²) in [5.74, 6) is -0.352. The van der Waals surface area contributed by atoms with E-state index in [9.17, 15) is 14.4 Å². The summed E-state index contributed by atoms with van der Waals surface area (Å²) in [6.45, 7) is 0. The summed E-state index contributed by atoms with van der Waals surface area (Å²) in [6, 6.07) is 13.8. The van der Waals surface area contributed by atoms with Crippen molar-refractivity contribution in [3.05, 3.63) is 70.7 Å². The first-order valence-corrected chi connectivity index (χ1v) is 12.5. The van der Waals surface area contributed by atoms with Crippen molar-refractivity contribution in [3.8, 4) is 11.1 Å². The number of amides is 2. The highest BCUT2D eigenvalue weighted by atomic mass is 32.2. The van der Waals surface area contributed by atoms with E-state index in [0.717, 1.165) is 10.6 Å². The number of anilines is 1. The van der Waals surface area contributed by atoms with Gasteiger partial charge in [0.25, 0.3) is 5.91 Å². The first-order valence-electron chi connectivity index (χ1n) is 10.3. The summed E-state index contributed by atoms with van der Waals surface area (Å²) in [4.78, 5) is 41.9. The predicted octanol–water partition coefficient (Wildman–Crippen LogP) is 4.02. The van der Waals surface area contributed by atoms with Crippen molar-refractivity contribution >= 4 is 46.6 Å². The maximum absolute atomic E-state index is 13.2. The Morgan fingerprint density at radius 2 is 1.94 bits per heavy atom. The molecule has 172 valence electrons. The first-order chi connectivity index (χ1) is 16.0. The molecule has 7 nitrogen and oxygen atoms in total. The van der Waals surface area contributed by atoms with Crippen molar-refractivity contribution in [1.82, 2.24) is 10.3 Å². The molecule has 3 rings (SSSR count). The van der Waals surface area contributed by atoms with Gasteiger partial charge in [0, 0.05) is 22.8 Å². The molecular formula is C24H25N3O4S2. The summed E-state index contributed by atoms with van der Waals surface area (Å²) in [5.41, 5.74) is 2.43. The molecule has 1 unspecified atom stereocenters. The molecule has 0 bridgehead atoms. The maximum atomic E-state index is 13.2. The van der Waals surface area contributed by atoms with Crippen LogP contribution in [-0.4, -0.2) is 47.9 Å². The molecule has 0 spiro atoms. The van der Waals surface area contributed by atoms with Crippen molar-refractivity contribution in [1.29, 1.82) is 0 Å². The molecule has 33 heavy (non-hydrogen) atoms. The van der Waals surface area contributed by atoms with E-state index in [1.807, 2.05) is 42.0 Å². The van der Waals surface area contributed by atoms with Crippen LogP contribution in [0.25, 0.3) is 11.1 Å². The Morgan fingerprint density at radius 3 is 2.61 bits per heavy atom. The fourth-order valence-electron chi connectivity index (χ4n) is 3.22. The second-order valence-corrected chi connectivity index (χ2v) is 9.07. The highest BCUT2D eigenvalue weighted by Crippen LogP contribution is 2.27. The van der Waals surface area contributed by atoms with Gasteiger partial charge in [-0.1, -0.05) is 30.3 Å². The zero-order valence-corrected chi connectivity index (χ0v) is 20.0. The third-order valence-electron chi connectivity index (χ3n) is 4.83. The van der Waals surface area contributed by atoms with E-state index in [1.165, 1.54) is 18.4 Å². The highest BCUT2D eigenvalue weighted by molar-refractivity contribution is 7.98. The van der Waals surface area contributed by atoms with Gasteiger partial charge in [-0.2, -0.15) is 11.8 Å². The molecule has 9 heteroatoms. The molecule has 2 aromatic carbocycles. The number of nitrogens with zero attached hydrogens (tertiary/aromatic N) is 1. The second-order valence-electron chi connectivity index (χ2n) is 7.11. The monoisotopic (exact) mass is 483 g/mol. The molecule has 2 amide bonds. The summed E-state index contributed by atoms with van der Waals surface area (Å²) in [7, 11) is 1.30. The molecule has 0 fully saturated rings. The maximum Gasteiger partial charge on any atom is 0.328 e. The van der Waals surface area contributed by atoms with E-state index in [2.05, 4.69) is 15.6 Å². The first kappa shape index (κ1) is 24.5.